The van der Waals surface area contributed by atoms with E-state index in [4.69, 9.17) is 0 Å². The minimum Gasteiger partial charge on any atom is -0.345 e. The highest BCUT2D eigenvalue weighted by atomic mass is 32.2. The van der Waals surface area contributed by atoms with Gasteiger partial charge in [0.25, 0.3) is 5.91 Å². The number of amides is 2. The van der Waals surface area contributed by atoms with Crippen molar-refractivity contribution in [2.75, 3.05) is 11.1 Å². The van der Waals surface area contributed by atoms with E-state index in [0.29, 0.717) is 28.8 Å². The summed E-state index contributed by atoms with van der Waals surface area (Å²) in [5, 5.41) is 14.3. The maximum Gasteiger partial charge on any atom is 0.251 e. The van der Waals surface area contributed by atoms with Crippen LogP contribution in [0.3, 0.4) is 0 Å². The van der Waals surface area contributed by atoms with Crippen LogP contribution in [0.25, 0.3) is 0 Å². The lowest BCUT2D eigenvalue weighted by atomic mass is 10.1. The van der Waals surface area contributed by atoms with Crippen LogP contribution < -0.4 is 10.6 Å². The molecule has 3 rings (SSSR count). The van der Waals surface area contributed by atoms with Crippen LogP contribution in [0.15, 0.2) is 66.3 Å². The fourth-order valence-electron chi connectivity index (χ4n) is 2.81. The number of hydrogen-bond acceptors (Lipinski definition) is 5. The fourth-order valence-corrected chi connectivity index (χ4v) is 3.58. The van der Waals surface area contributed by atoms with Crippen LogP contribution in [0.5, 0.6) is 0 Å². The second-order valence-corrected chi connectivity index (χ2v) is 7.64. The van der Waals surface area contributed by atoms with E-state index in [0.717, 1.165) is 5.56 Å². The summed E-state index contributed by atoms with van der Waals surface area (Å²) >= 11 is 1.20. The molecule has 2 aromatic carbocycles. The van der Waals surface area contributed by atoms with Crippen LogP contribution in [0, 0.1) is 12.7 Å². The number of allylic oxidation sites excluding steroid dienone is 1. The molecule has 0 spiro atoms. The highest BCUT2D eigenvalue weighted by molar-refractivity contribution is 7.99. The van der Waals surface area contributed by atoms with E-state index in [1.165, 1.54) is 30.0 Å². The van der Waals surface area contributed by atoms with Crippen molar-refractivity contribution in [1.29, 1.82) is 0 Å². The first-order chi connectivity index (χ1) is 15.0. The van der Waals surface area contributed by atoms with Crippen molar-refractivity contribution in [2.24, 2.45) is 0 Å². The Balaban J connectivity index is 1.61. The van der Waals surface area contributed by atoms with E-state index in [-0.39, 0.29) is 24.1 Å². The molecule has 9 heteroatoms. The summed E-state index contributed by atoms with van der Waals surface area (Å²) in [7, 11) is 0. The number of carbonyl (C=O) groups excluding carboxylic acids is 2. The molecule has 160 valence electrons. The lowest BCUT2D eigenvalue weighted by molar-refractivity contribution is -0.113. The third kappa shape index (κ3) is 6.26. The van der Waals surface area contributed by atoms with Crippen LogP contribution in [-0.4, -0.2) is 32.3 Å². The zero-order valence-electron chi connectivity index (χ0n) is 17.0. The van der Waals surface area contributed by atoms with Crippen LogP contribution in [0.2, 0.25) is 0 Å². The number of thioether (sulfide) groups is 1. The van der Waals surface area contributed by atoms with E-state index < -0.39 is 5.82 Å². The molecule has 0 radical (unpaired) electrons. The molecule has 0 bridgehead atoms. The number of nitrogens with one attached hydrogen (secondary N) is 2. The molecule has 2 amide bonds. The Hall–Kier alpha value is -3.46. The lowest BCUT2D eigenvalue weighted by Crippen LogP contribution is -2.25. The zero-order chi connectivity index (χ0) is 22.2. The van der Waals surface area contributed by atoms with E-state index in [1.54, 1.807) is 22.8 Å². The maximum absolute atomic E-state index is 13.2. The van der Waals surface area contributed by atoms with Gasteiger partial charge in [-0.3, -0.25) is 9.59 Å². The molecule has 1 heterocycles. The molecule has 0 atom stereocenters. The van der Waals surface area contributed by atoms with Gasteiger partial charge in [0, 0.05) is 17.8 Å². The van der Waals surface area contributed by atoms with E-state index in [1.807, 2.05) is 25.1 Å². The standard InChI is InChI=1S/C22H22FN5O2S/c1-3-10-28-19(13-24-21(30)16-7-4-6-15(2)11-16)26-27-22(28)31-14-20(29)25-18-9-5-8-17(23)12-18/h3-9,11-12H,1,10,13-14H2,2H3,(H,24,30)(H,25,29). The molecule has 0 unspecified atom stereocenters. The number of carbonyl (C=O) groups is 2. The highest BCUT2D eigenvalue weighted by Gasteiger charge is 2.15. The number of aromatic nitrogens is 3. The summed E-state index contributed by atoms with van der Waals surface area (Å²) < 4.78 is 15.0. The minimum absolute atomic E-state index is 0.0709. The first-order valence-electron chi connectivity index (χ1n) is 9.52. The Bertz CT molecular complexity index is 1100. The highest BCUT2D eigenvalue weighted by Crippen LogP contribution is 2.18. The fraction of sp³-hybridized carbons (Fsp3) is 0.182. The van der Waals surface area contributed by atoms with Gasteiger partial charge in [0.15, 0.2) is 11.0 Å². The van der Waals surface area contributed by atoms with Gasteiger partial charge in [0.05, 0.1) is 12.3 Å². The molecule has 1 aromatic heterocycles. The maximum atomic E-state index is 13.2. The summed E-state index contributed by atoms with van der Waals surface area (Å²) in [4.78, 5) is 24.6. The third-order valence-electron chi connectivity index (χ3n) is 4.23. The number of nitrogens with zero attached hydrogens (tertiary/aromatic N) is 3. The van der Waals surface area contributed by atoms with Gasteiger partial charge in [-0.1, -0.05) is 41.6 Å². The van der Waals surface area contributed by atoms with Crippen molar-refractivity contribution >= 4 is 29.3 Å². The lowest BCUT2D eigenvalue weighted by Gasteiger charge is -2.09. The molecular formula is C22H22FN5O2S. The minimum atomic E-state index is -0.423. The first-order valence-corrected chi connectivity index (χ1v) is 10.5. The Morgan fingerprint density at radius 2 is 2.00 bits per heavy atom. The van der Waals surface area contributed by atoms with Crippen molar-refractivity contribution in [1.82, 2.24) is 20.1 Å². The van der Waals surface area contributed by atoms with Crippen LogP contribution >= 0.6 is 11.8 Å². The Morgan fingerprint density at radius 3 is 2.74 bits per heavy atom. The van der Waals surface area contributed by atoms with Gasteiger partial charge in [-0.2, -0.15) is 0 Å². The average molecular weight is 440 g/mol. The predicted octanol–water partition coefficient (Wildman–Crippen LogP) is 3.57. The number of benzene rings is 2. The van der Waals surface area contributed by atoms with Gasteiger partial charge >= 0.3 is 0 Å². The summed E-state index contributed by atoms with van der Waals surface area (Å²) in [5.74, 6) is -0.303. The van der Waals surface area contributed by atoms with E-state index in [2.05, 4.69) is 27.4 Å². The van der Waals surface area contributed by atoms with Gasteiger partial charge < -0.3 is 15.2 Å². The predicted molar refractivity (Wildman–Crippen MR) is 118 cm³/mol. The van der Waals surface area contributed by atoms with Crippen LogP contribution in [0.4, 0.5) is 10.1 Å². The van der Waals surface area contributed by atoms with Crippen molar-refractivity contribution in [3.8, 4) is 0 Å². The second-order valence-electron chi connectivity index (χ2n) is 6.70. The summed E-state index contributed by atoms with van der Waals surface area (Å²) in [6.07, 6.45) is 1.69. The van der Waals surface area contributed by atoms with E-state index in [9.17, 15) is 14.0 Å². The normalized spacial score (nSPS) is 10.5. The average Bonchev–Trinajstić information content (AvgIpc) is 3.12. The van der Waals surface area contributed by atoms with Gasteiger partial charge in [0.2, 0.25) is 5.91 Å². The molecular weight excluding hydrogens is 417 g/mol. The monoisotopic (exact) mass is 439 g/mol. The summed E-state index contributed by atoms with van der Waals surface area (Å²) in [6.45, 7) is 6.28. The second kappa shape index (κ2) is 10.5. The largest absolute Gasteiger partial charge is 0.345 e. The SMILES string of the molecule is C=CCn1c(CNC(=O)c2cccc(C)c2)nnc1SCC(=O)Nc1cccc(F)c1. The molecule has 0 saturated carbocycles. The Morgan fingerprint density at radius 1 is 1.19 bits per heavy atom. The number of hydrogen-bond donors (Lipinski definition) is 2. The molecule has 0 aliphatic carbocycles. The number of halogens is 1. The van der Waals surface area contributed by atoms with Crippen molar-refractivity contribution in [2.45, 2.75) is 25.2 Å². The molecule has 3 aromatic rings. The number of rotatable bonds is 9. The van der Waals surface area contributed by atoms with Gasteiger partial charge in [-0.15, -0.1) is 16.8 Å². The van der Waals surface area contributed by atoms with E-state index >= 15 is 0 Å². The van der Waals surface area contributed by atoms with Crippen LogP contribution in [-0.2, 0) is 17.9 Å². The molecule has 7 nitrogen and oxygen atoms in total. The molecule has 2 N–H and O–H groups in total. The van der Waals surface area contributed by atoms with Gasteiger partial charge in [-0.25, -0.2) is 4.39 Å². The van der Waals surface area contributed by atoms with Crippen molar-refractivity contribution < 1.29 is 14.0 Å². The molecule has 0 aliphatic rings. The van der Waals surface area contributed by atoms with Crippen LogP contribution in [0.1, 0.15) is 21.7 Å². The number of aryl methyl sites for hydroxylation is 1. The van der Waals surface area contributed by atoms with Gasteiger partial charge in [-0.05, 0) is 37.3 Å². The Labute approximate surface area is 183 Å². The Kier molecular flexibility index (Phi) is 7.55. The van der Waals surface area contributed by atoms with Crippen molar-refractivity contribution in [3.63, 3.8) is 0 Å². The first kappa shape index (κ1) is 22.2. The topological polar surface area (TPSA) is 88.9 Å². The number of anilines is 1. The molecule has 0 saturated heterocycles. The molecule has 31 heavy (non-hydrogen) atoms. The molecule has 0 fully saturated rings. The van der Waals surface area contributed by atoms with Crippen molar-refractivity contribution in [3.05, 3.63) is 84.0 Å². The van der Waals surface area contributed by atoms with Gasteiger partial charge in [0.1, 0.15) is 5.82 Å². The summed E-state index contributed by atoms with van der Waals surface area (Å²) in [5.41, 5.74) is 1.95. The molecule has 0 aliphatic heterocycles. The summed E-state index contributed by atoms with van der Waals surface area (Å²) in [6, 6.07) is 13.0. The quantitative estimate of drug-likeness (QED) is 0.393. The third-order valence-corrected chi connectivity index (χ3v) is 5.20. The smallest absolute Gasteiger partial charge is 0.251 e. The zero-order valence-corrected chi connectivity index (χ0v) is 17.8.